The van der Waals surface area contributed by atoms with E-state index in [-0.39, 0.29) is 18.2 Å². The van der Waals surface area contributed by atoms with E-state index in [9.17, 15) is 9.59 Å². The lowest BCUT2D eigenvalue weighted by Crippen LogP contribution is -2.15. The minimum absolute atomic E-state index is 0.134. The van der Waals surface area contributed by atoms with Gasteiger partial charge in [0.25, 0.3) is 5.91 Å². The van der Waals surface area contributed by atoms with E-state index >= 15 is 0 Å². The molecule has 0 aliphatic heterocycles. The van der Waals surface area contributed by atoms with Gasteiger partial charge in [-0.25, -0.2) is 4.79 Å². The summed E-state index contributed by atoms with van der Waals surface area (Å²) in [7, 11) is 1.56. The maximum atomic E-state index is 12.8. The maximum Gasteiger partial charge on any atom is 0.359 e. The molecule has 6 nitrogen and oxygen atoms in total. The van der Waals surface area contributed by atoms with Gasteiger partial charge in [-0.1, -0.05) is 18.2 Å². The molecule has 0 saturated carbocycles. The van der Waals surface area contributed by atoms with Crippen molar-refractivity contribution >= 4 is 22.8 Å². The number of carbonyl (C=O) groups is 2. The molecule has 24 heavy (non-hydrogen) atoms. The van der Waals surface area contributed by atoms with Gasteiger partial charge in [0.2, 0.25) is 0 Å². The van der Waals surface area contributed by atoms with Crippen LogP contribution in [0.2, 0.25) is 0 Å². The molecule has 0 spiro atoms. The van der Waals surface area contributed by atoms with Gasteiger partial charge in [-0.3, -0.25) is 4.79 Å². The van der Waals surface area contributed by atoms with Crippen molar-refractivity contribution in [3.8, 4) is 5.75 Å². The summed E-state index contributed by atoms with van der Waals surface area (Å²) in [6.45, 7) is 1.96. The standard InChI is InChI=1S/C18H16N2O4/c1-3-24-18(22)16-14-6-4-5-7-15(14)20(19-16)17(21)12-8-10-13(23-2)11-9-12/h4-11H,3H2,1-2H3. The number of fused-ring (bicyclic) bond motifs is 1. The highest BCUT2D eigenvalue weighted by molar-refractivity contribution is 6.07. The number of benzene rings is 2. The lowest BCUT2D eigenvalue weighted by atomic mass is 10.2. The Morgan fingerprint density at radius 1 is 1.08 bits per heavy atom. The number of ether oxygens (including phenoxy) is 2. The monoisotopic (exact) mass is 324 g/mol. The Balaban J connectivity index is 2.08. The highest BCUT2D eigenvalue weighted by Gasteiger charge is 2.21. The summed E-state index contributed by atoms with van der Waals surface area (Å²) in [6, 6.07) is 13.8. The van der Waals surface area contributed by atoms with Crippen molar-refractivity contribution in [2.75, 3.05) is 13.7 Å². The number of esters is 1. The number of para-hydroxylation sites is 1. The second kappa shape index (κ2) is 6.54. The normalized spacial score (nSPS) is 10.6. The van der Waals surface area contributed by atoms with Gasteiger partial charge >= 0.3 is 5.97 Å². The van der Waals surface area contributed by atoms with Gasteiger partial charge < -0.3 is 9.47 Å². The molecule has 3 rings (SSSR count). The summed E-state index contributed by atoms with van der Waals surface area (Å²) in [5.41, 5.74) is 1.13. The Labute approximate surface area is 138 Å². The SMILES string of the molecule is CCOC(=O)c1nn(C(=O)c2ccc(OC)cc2)c2ccccc12. The van der Waals surface area contributed by atoms with E-state index in [4.69, 9.17) is 9.47 Å². The van der Waals surface area contributed by atoms with Gasteiger partial charge in [-0.15, -0.1) is 0 Å². The van der Waals surface area contributed by atoms with E-state index < -0.39 is 5.97 Å². The second-order valence-electron chi connectivity index (χ2n) is 5.03. The largest absolute Gasteiger partial charge is 0.497 e. The van der Waals surface area contributed by atoms with Crippen molar-refractivity contribution in [3.05, 3.63) is 59.8 Å². The van der Waals surface area contributed by atoms with Gasteiger partial charge in [0, 0.05) is 10.9 Å². The number of hydrogen-bond donors (Lipinski definition) is 0. The van der Waals surface area contributed by atoms with Crippen LogP contribution in [0.5, 0.6) is 5.75 Å². The van der Waals surface area contributed by atoms with Gasteiger partial charge in [0.1, 0.15) is 5.75 Å². The second-order valence-corrected chi connectivity index (χ2v) is 5.03. The molecule has 1 heterocycles. The smallest absolute Gasteiger partial charge is 0.359 e. The van der Waals surface area contributed by atoms with E-state index in [1.165, 1.54) is 4.68 Å². The fourth-order valence-corrected chi connectivity index (χ4v) is 2.43. The van der Waals surface area contributed by atoms with Crippen molar-refractivity contribution < 1.29 is 19.1 Å². The van der Waals surface area contributed by atoms with E-state index in [1.54, 1.807) is 62.6 Å². The van der Waals surface area contributed by atoms with Crippen LogP contribution in [-0.4, -0.2) is 35.4 Å². The molecular weight excluding hydrogens is 308 g/mol. The van der Waals surface area contributed by atoms with Crippen molar-refractivity contribution in [2.24, 2.45) is 0 Å². The van der Waals surface area contributed by atoms with Crippen LogP contribution in [0.3, 0.4) is 0 Å². The molecule has 1 aromatic heterocycles. The molecule has 3 aromatic rings. The van der Waals surface area contributed by atoms with Crippen molar-refractivity contribution in [2.45, 2.75) is 6.92 Å². The third-order valence-corrected chi connectivity index (χ3v) is 3.59. The summed E-state index contributed by atoms with van der Waals surface area (Å²) in [4.78, 5) is 24.8. The molecule has 0 atom stereocenters. The predicted molar refractivity (Wildman–Crippen MR) is 88.4 cm³/mol. The summed E-state index contributed by atoms with van der Waals surface area (Å²) >= 11 is 0. The van der Waals surface area contributed by atoms with Crippen LogP contribution in [0, 0.1) is 0 Å². The van der Waals surface area contributed by atoms with Crippen LogP contribution >= 0.6 is 0 Å². The molecule has 0 saturated heterocycles. The lowest BCUT2D eigenvalue weighted by Gasteiger charge is -2.04. The number of methoxy groups -OCH3 is 1. The molecule has 0 amide bonds. The molecule has 2 aromatic carbocycles. The Hall–Kier alpha value is -3.15. The van der Waals surface area contributed by atoms with Gasteiger partial charge in [-0.05, 0) is 37.3 Å². The first-order chi connectivity index (χ1) is 11.7. The molecule has 6 heteroatoms. The molecular formula is C18H16N2O4. The number of aromatic nitrogens is 2. The average molecular weight is 324 g/mol. The van der Waals surface area contributed by atoms with E-state index in [0.717, 1.165) is 0 Å². The molecule has 0 unspecified atom stereocenters. The number of hydrogen-bond acceptors (Lipinski definition) is 5. The Bertz CT molecular complexity index is 897. The lowest BCUT2D eigenvalue weighted by molar-refractivity contribution is 0.0521. The number of nitrogens with zero attached hydrogens (tertiary/aromatic N) is 2. The van der Waals surface area contributed by atoms with Crippen LogP contribution in [-0.2, 0) is 4.74 Å². The molecule has 0 aliphatic rings. The molecule has 0 aliphatic carbocycles. The van der Waals surface area contributed by atoms with E-state index in [2.05, 4.69) is 5.10 Å². The minimum atomic E-state index is -0.546. The van der Waals surface area contributed by atoms with E-state index in [1.807, 2.05) is 0 Å². The van der Waals surface area contributed by atoms with Gasteiger partial charge in [0.15, 0.2) is 5.69 Å². The maximum absolute atomic E-state index is 12.8. The fraction of sp³-hybridized carbons (Fsp3) is 0.167. The van der Waals surface area contributed by atoms with Crippen LogP contribution in [0.4, 0.5) is 0 Å². The van der Waals surface area contributed by atoms with Crippen molar-refractivity contribution in [1.29, 1.82) is 0 Å². The topological polar surface area (TPSA) is 70.4 Å². The highest BCUT2D eigenvalue weighted by atomic mass is 16.5. The summed E-state index contributed by atoms with van der Waals surface area (Å²) < 4.78 is 11.3. The first-order valence-electron chi connectivity index (χ1n) is 7.49. The fourth-order valence-electron chi connectivity index (χ4n) is 2.43. The summed E-state index contributed by atoms with van der Waals surface area (Å²) in [5.74, 6) is -0.219. The summed E-state index contributed by atoms with van der Waals surface area (Å²) in [6.07, 6.45) is 0. The third-order valence-electron chi connectivity index (χ3n) is 3.59. The van der Waals surface area contributed by atoms with Gasteiger partial charge in [0.05, 0.1) is 19.2 Å². The molecule has 122 valence electrons. The Morgan fingerprint density at radius 3 is 2.46 bits per heavy atom. The first kappa shape index (κ1) is 15.7. The highest BCUT2D eigenvalue weighted by Crippen LogP contribution is 2.21. The molecule has 0 fully saturated rings. The first-order valence-corrected chi connectivity index (χ1v) is 7.49. The zero-order chi connectivity index (χ0) is 17.1. The van der Waals surface area contributed by atoms with E-state index in [0.29, 0.717) is 22.2 Å². The van der Waals surface area contributed by atoms with Crippen LogP contribution in [0.25, 0.3) is 10.9 Å². The van der Waals surface area contributed by atoms with Crippen LogP contribution in [0.1, 0.15) is 27.8 Å². The predicted octanol–water partition coefficient (Wildman–Crippen LogP) is 2.91. The van der Waals surface area contributed by atoms with Crippen LogP contribution < -0.4 is 4.74 Å². The number of carbonyl (C=O) groups excluding carboxylic acids is 2. The zero-order valence-electron chi connectivity index (χ0n) is 13.4. The minimum Gasteiger partial charge on any atom is -0.497 e. The average Bonchev–Trinajstić information content (AvgIpc) is 3.01. The molecule has 0 bridgehead atoms. The van der Waals surface area contributed by atoms with Crippen molar-refractivity contribution in [1.82, 2.24) is 9.78 Å². The Morgan fingerprint density at radius 2 is 1.79 bits per heavy atom. The van der Waals surface area contributed by atoms with Gasteiger partial charge in [-0.2, -0.15) is 9.78 Å². The number of rotatable bonds is 4. The van der Waals surface area contributed by atoms with Crippen LogP contribution in [0.15, 0.2) is 48.5 Å². The molecule has 0 N–H and O–H groups in total. The Kier molecular flexibility index (Phi) is 4.29. The molecule has 0 radical (unpaired) electrons. The summed E-state index contributed by atoms with van der Waals surface area (Å²) in [5, 5.41) is 4.77. The zero-order valence-corrected chi connectivity index (χ0v) is 13.4. The van der Waals surface area contributed by atoms with Crippen molar-refractivity contribution in [3.63, 3.8) is 0 Å². The third kappa shape index (κ3) is 2.74. The quantitative estimate of drug-likeness (QED) is 0.690.